The molecule has 4 rings (SSSR count). The van der Waals surface area contributed by atoms with Gasteiger partial charge in [-0.15, -0.1) is 0 Å². The molecular weight excluding hydrogens is 591 g/mol. The summed E-state index contributed by atoms with van der Waals surface area (Å²) < 4.78 is 37.4. The second-order valence-corrected chi connectivity index (χ2v) is 13.0. The molecule has 6 N–H and O–H groups in total. The van der Waals surface area contributed by atoms with Crippen LogP contribution in [0, 0.1) is 5.41 Å². The van der Waals surface area contributed by atoms with Crippen molar-refractivity contribution in [1.82, 2.24) is 24.6 Å². The van der Waals surface area contributed by atoms with Crippen molar-refractivity contribution in [3.63, 3.8) is 0 Å². The standard InChI is InChI=1S/C25H35N6O9PS/c1-25(2,13-32)23(35)42-10-9-38-41(36,28-11-15-7-5-4-6-8-15)39-12-16-18(33)19(34)22(40-16)31-14-27-17-20(31)29-24(26)30-21(17)37-3/h4-8,14,16,18-19,22,32-34H,9-13H2,1-3H3,(H,28,36)(H2,26,29,30)/t16-,18-,19?,22-,41?/m1/s1. The number of aliphatic hydroxyl groups excluding tert-OH is 3. The number of anilines is 1. The highest BCUT2D eigenvalue weighted by atomic mass is 32.2. The lowest BCUT2D eigenvalue weighted by Gasteiger charge is -2.23. The Kier molecular flexibility index (Phi) is 10.6. The first-order valence-electron chi connectivity index (χ1n) is 13.0. The van der Waals surface area contributed by atoms with E-state index in [2.05, 4.69) is 20.0 Å². The Morgan fingerprint density at radius 1 is 1.21 bits per heavy atom. The zero-order valence-corrected chi connectivity index (χ0v) is 25.0. The van der Waals surface area contributed by atoms with Gasteiger partial charge < -0.3 is 30.5 Å². The average Bonchev–Trinajstić information content (AvgIpc) is 3.53. The molecule has 3 heterocycles. The van der Waals surface area contributed by atoms with Crippen LogP contribution >= 0.6 is 19.5 Å². The predicted molar refractivity (Wildman–Crippen MR) is 153 cm³/mol. The van der Waals surface area contributed by atoms with Gasteiger partial charge in [0.05, 0.1) is 38.7 Å². The van der Waals surface area contributed by atoms with Gasteiger partial charge >= 0.3 is 7.75 Å². The van der Waals surface area contributed by atoms with Gasteiger partial charge in [0.2, 0.25) is 11.8 Å². The van der Waals surface area contributed by atoms with Crippen LogP contribution in [0.2, 0.25) is 0 Å². The molecule has 1 aliphatic rings. The van der Waals surface area contributed by atoms with Crippen molar-refractivity contribution in [2.45, 2.75) is 44.9 Å². The van der Waals surface area contributed by atoms with Crippen LogP contribution in [0.1, 0.15) is 25.6 Å². The van der Waals surface area contributed by atoms with Crippen LogP contribution in [-0.2, 0) is 29.7 Å². The van der Waals surface area contributed by atoms with Gasteiger partial charge in [0.1, 0.15) is 18.3 Å². The van der Waals surface area contributed by atoms with Gasteiger partial charge in [-0.1, -0.05) is 42.1 Å². The monoisotopic (exact) mass is 626 g/mol. The summed E-state index contributed by atoms with van der Waals surface area (Å²) in [5.41, 5.74) is 6.16. The van der Waals surface area contributed by atoms with Crippen molar-refractivity contribution in [2.24, 2.45) is 5.41 Å². The lowest BCUT2D eigenvalue weighted by atomic mass is 9.97. The van der Waals surface area contributed by atoms with Crippen molar-refractivity contribution >= 4 is 41.7 Å². The Balaban J connectivity index is 1.43. The van der Waals surface area contributed by atoms with E-state index in [1.54, 1.807) is 13.8 Å². The van der Waals surface area contributed by atoms with E-state index in [4.69, 9.17) is 24.3 Å². The number of imidazole rings is 1. The predicted octanol–water partition coefficient (Wildman–Crippen LogP) is 1.25. The second-order valence-electron chi connectivity index (χ2n) is 10.1. The van der Waals surface area contributed by atoms with E-state index in [9.17, 15) is 24.7 Å². The third-order valence-electron chi connectivity index (χ3n) is 6.47. The Morgan fingerprint density at radius 2 is 1.95 bits per heavy atom. The van der Waals surface area contributed by atoms with Gasteiger partial charge in [-0.25, -0.2) is 14.6 Å². The fraction of sp³-hybridized carbons (Fsp3) is 0.520. The number of nitrogens with zero attached hydrogens (tertiary/aromatic N) is 4. The molecule has 0 saturated carbocycles. The summed E-state index contributed by atoms with van der Waals surface area (Å²) in [5.74, 6) is 0.205. The number of aliphatic hydroxyl groups is 3. The quantitative estimate of drug-likeness (QED) is 0.126. The first kappa shape index (κ1) is 32.3. The first-order chi connectivity index (χ1) is 20.0. The number of benzene rings is 1. The number of methoxy groups -OCH3 is 1. The number of ether oxygens (including phenoxy) is 2. The zero-order valence-electron chi connectivity index (χ0n) is 23.3. The topological polar surface area (TPSA) is 213 Å². The molecule has 3 aromatic rings. The summed E-state index contributed by atoms with van der Waals surface area (Å²) in [6.45, 7) is 2.56. The maximum atomic E-state index is 13.7. The SMILES string of the molecule is COc1nc(N)nc2c1ncn2[C@@H]1O[C@H](COP(=O)(NCc2ccccc2)OCCSC(=O)C(C)(C)CO)[C@@H](O)C1O. The molecule has 1 aromatic carbocycles. The lowest BCUT2D eigenvalue weighted by Crippen LogP contribution is -2.34. The van der Waals surface area contributed by atoms with Gasteiger partial charge in [0.15, 0.2) is 22.5 Å². The van der Waals surface area contributed by atoms with E-state index in [0.717, 1.165) is 17.3 Å². The van der Waals surface area contributed by atoms with Gasteiger partial charge in [0, 0.05) is 12.3 Å². The highest BCUT2D eigenvalue weighted by molar-refractivity contribution is 8.13. The van der Waals surface area contributed by atoms with Gasteiger partial charge in [-0.2, -0.15) is 9.97 Å². The maximum absolute atomic E-state index is 13.7. The Hall–Kier alpha value is -2.66. The van der Waals surface area contributed by atoms with Crippen molar-refractivity contribution in [3.8, 4) is 5.88 Å². The second kappa shape index (κ2) is 13.8. The number of hydrogen-bond acceptors (Lipinski definition) is 14. The van der Waals surface area contributed by atoms with Crippen LogP contribution in [0.15, 0.2) is 36.7 Å². The molecule has 15 nitrogen and oxygen atoms in total. The average molecular weight is 627 g/mol. The molecule has 5 atom stereocenters. The third kappa shape index (κ3) is 7.45. The lowest BCUT2D eigenvalue weighted by molar-refractivity contribution is -0.119. The summed E-state index contributed by atoms with van der Waals surface area (Å²) in [6.07, 6.45) is -3.75. The van der Waals surface area contributed by atoms with Crippen LogP contribution < -0.4 is 15.6 Å². The number of nitrogen functional groups attached to an aromatic ring is 1. The summed E-state index contributed by atoms with van der Waals surface area (Å²) in [7, 11) is -2.60. The number of thioether (sulfide) groups is 1. The Morgan fingerprint density at radius 3 is 2.64 bits per heavy atom. The van der Waals surface area contributed by atoms with Crippen molar-refractivity contribution in [3.05, 3.63) is 42.2 Å². The van der Waals surface area contributed by atoms with Crippen LogP contribution in [-0.4, -0.2) is 90.9 Å². The van der Waals surface area contributed by atoms with Crippen LogP contribution in [0.4, 0.5) is 5.95 Å². The van der Waals surface area contributed by atoms with E-state index in [0.29, 0.717) is 0 Å². The molecule has 0 aliphatic carbocycles. The fourth-order valence-corrected chi connectivity index (χ4v) is 6.21. The fourth-order valence-electron chi connectivity index (χ4n) is 3.97. The van der Waals surface area contributed by atoms with E-state index in [1.165, 1.54) is 18.0 Å². The minimum Gasteiger partial charge on any atom is -0.479 e. The van der Waals surface area contributed by atoms with Crippen molar-refractivity contribution in [1.29, 1.82) is 0 Å². The highest BCUT2D eigenvalue weighted by Crippen LogP contribution is 2.45. The molecule has 1 saturated heterocycles. The number of carbonyl (C=O) groups excluding carboxylic acids is 1. The number of rotatable bonds is 14. The highest BCUT2D eigenvalue weighted by Gasteiger charge is 2.45. The molecule has 0 radical (unpaired) electrons. The van der Waals surface area contributed by atoms with Crippen LogP contribution in [0.25, 0.3) is 11.2 Å². The summed E-state index contributed by atoms with van der Waals surface area (Å²) in [4.78, 5) is 24.6. The molecular formula is C25H35N6O9PS. The van der Waals surface area contributed by atoms with Gasteiger partial charge in [0.25, 0.3) is 0 Å². The van der Waals surface area contributed by atoms with Gasteiger partial charge in [-0.05, 0) is 19.4 Å². The molecule has 17 heteroatoms. The molecule has 0 spiro atoms. The number of nitrogens with two attached hydrogens (primary N) is 1. The molecule has 2 aromatic heterocycles. The normalized spacial score (nSPS) is 22.3. The largest absolute Gasteiger partial charge is 0.479 e. The number of aromatic nitrogens is 4. The molecule has 2 unspecified atom stereocenters. The van der Waals surface area contributed by atoms with Crippen molar-refractivity contribution < 1.29 is 43.2 Å². The van der Waals surface area contributed by atoms with E-state index in [-0.39, 0.29) is 53.6 Å². The molecule has 1 fully saturated rings. The maximum Gasteiger partial charge on any atom is 0.405 e. The Bertz CT molecular complexity index is 1410. The Labute approximate surface area is 246 Å². The van der Waals surface area contributed by atoms with Gasteiger partial charge in [-0.3, -0.25) is 18.4 Å². The minimum atomic E-state index is -4.00. The molecule has 0 amide bonds. The smallest absolute Gasteiger partial charge is 0.405 e. The molecule has 230 valence electrons. The summed E-state index contributed by atoms with van der Waals surface area (Å²) in [5, 5.41) is 33.5. The molecule has 0 bridgehead atoms. The minimum absolute atomic E-state index is 0.0867. The number of nitrogens with one attached hydrogen (secondary N) is 1. The third-order valence-corrected chi connectivity index (χ3v) is 9.21. The number of carbonyl (C=O) groups is 1. The van der Waals surface area contributed by atoms with Crippen LogP contribution in [0.3, 0.4) is 0 Å². The summed E-state index contributed by atoms with van der Waals surface area (Å²) in [6, 6.07) is 9.15. The first-order valence-corrected chi connectivity index (χ1v) is 15.5. The van der Waals surface area contributed by atoms with Crippen molar-refractivity contribution in [2.75, 3.05) is 38.4 Å². The zero-order chi connectivity index (χ0) is 30.5. The number of fused-ring (bicyclic) bond motifs is 1. The molecule has 42 heavy (non-hydrogen) atoms. The van der Waals surface area contributed by atoms with E-state index in [1.807, 2.05) is 30.3 Å². The van der Waals surface area contributed by atoms with Crippen LogP contribution in [0.5, 0.6) is 5.88 Å². The molecule has 1 aliphatic heterocycles. The van der Waals surface area contributed by atoms with E-state index < -0.39 is 44.3 Å². The number of hydrogen-bond donors (Lipinski definition) is 5. The summed E-state index contributed by atoms with van der Waals surface area (Å²) >= 11 is 0.947. The van der Waals surface area contributed by atoms with E-state index >= 15 is 0 Å².